The average molecular weight is 266 g/mol. The lowest BCUT2D eigenvalue weighted by Crippen LogP contribution is -2.24. The number of ether oxygens (including phenoxy) is 1. The van der Waals surface area contributed by atoms with Gasteiger partial charge in [0, 0.05) is 13.7 Å². The van der Waals surface area contributed by atoms with E-state index in [0.29, 0.717) is 18.1 Å². The molecule has 1 aromatic rings. The zero-order valence-corrected chi connectivity index (χ0v) is 12.3. The summed E-state index contributed by atoms with van der Waals surface area (Å²) < 4.78 is 7.49. The Balaban J connectivity index is 1.85. The van der Waals surface area contributed by atoms with Crippen LogP contribution in [-0.2, 0) is 11.3 Å². The van der Waals surface area contributed by atoms with E-state index in [2.05, 4.69) is 35.7 Å². The molecule has 0 spiro atoms. The Labute approximate surface area is 115 Å². The maximum atomic E-state index is 5.47. The van der Waals surface area contributed by atoms with Gasteiger partial charge in [0.1, 0.15) is 0 Å². The second-order valence-electron chi connectivity index (χ2n) is 5.89. The molecule has 19 heavy (non-hydrogen) atoms. The predicted octanol–water partition coefficient (Wildman–Crippen LogP) is 2.15. The molecule has 1 N–H and O–H groups in total. The molecule has 0 radical (unpaired) electrons. The zero-order chi connectivity index (χ0) is 13.7. The number of nitrogens with one attached hydrogen (secondary N) is 1. The molecule has 0 amide bonds. The van der Waals surface area contributed by atoms with Gasteiger partial charge in [-0.15, -0.1) is 5.10 Å². The molecule has 0 aromatic carbocycles. The third kappa shape index (κ3) is 4.28. The first-order chi connectivity index (χ1) is 9.19. The molecule has 1 aliphatic rings. The van der Waals surface area contributed by atoms with E-state index in [1.54, 1.807) is 7.11 Å². The number of hydrogen-bond donors (Lipinski definition) is 1. The Morgan fingerprint density at radius 2 is 2.32 bits per heavy atom. The van der Waals surface area contributed by atoms with Gasteiger partial charge in [0.15, 0.2) is 0 Å². The second-order valence-corrected chi connectivity index (χ2v) is 5.89. The molecular formula is C14H26N4O. The van der Waals surface area contributed by atoms with E-state index in [1.165, 1.54) is 19.3 Å². The first-order valence-electron chi connectivity index (χ1n) is 7.33. The van der Waals surface area contributed by atoms with Crippen molar-refractivity contribution in [2.75, 3.05) is 13.7 Å². The van der Waals surface area contributed by atoms with Crippen LogP contribution in [0.2, 0.25) is 0 Å². The van der Waals surface area contributed by atoms with Gasteiger partial charge in [-0.25, -0.2) is 4.68 Å². The average Bonchev–Trinajstić information content (AvgIpc) is 2.87. The highest BCUT2D eigenvalue weighted by Gasteiger charge is 2.23. The van der Waals surface area contributed by atoms with Crippen molar-refractivity contribution in [1.82, 2.24) is 20.3 Å². The summed E-state index contributed by atoms with van der Waals surface area (Å²) in [5.74, 6) is 0.663. The molecule has 1 aromatic heterocycles. The number of rotatable bonds is 6. The highest BCUT2D eigenvalue weighted by atomic mass is 16.5. The minimum atomic E-state index is 0.380. The highest BCUT2D eigenvalue weighted by Crippen LogP contribution is 2.29. The molecule has 1 saturated carbocycles. The third-order valence-corrected chi connectivity index (χ3v) is 3.72. The quantitative estimate of drug-likeness (QED) is 0.857. The largest absolute Gasteiger partial charge is 0.381 e. The van der Waals surface area contributed by atoms with Crippen LogP contribution in [0.1, 0.15) is 51.3 Å². The first kappa shape index (κ1) is 14.5. The first-order valence-corrected chi connectivity index (χ1v) is 7.33. The summed E-state index contributed by atoms with van der Waals surface area (Å²) in [4.78, 5) is 0. The van der Waals surface area contributed by atoms with Gasteiger partial charge in [-0.05, 0) is 38.1 Å². The van der Waals surface area contributed by atoms with E-state index < -0.39 is 0 Å². The molecule has 2 unspecified atom stereocenters. The Morgan fingerprint density at radius 1 is 1.47 bits per heavy atom. The number of methoxy groups -OCH3 is 1. The van der Waals surface area contributed by atoms with Crippen molar-refractivity contribution in [3.63, 3.8) is 0 Å². The Morgan fingerprint density at radius 3 is 3.05 bits per heavy atom. The molecular weight excluding hydrogens is 240 g/mol. The van der Waals surface area contributed by atoms with Crippen LogP contribution in [0.15, 0.2) is 6.20 Å². The lowest BCUT2D eigenvalue weighted by Gasteiger charge is -2.27. The lowest BCUT2D eigenvalue weighted by atomic mass is 9.93. The summed E-state index contributed by atoms with van der Waals surface area (Å²) in [5.41, 5.74) is 1.03. The second kappa shape index (κ2) is 7.01. The van der Waals surface area contributed by atoms with E-state index in [9.17, 15) is 0 Å². The normalized spacial score (nSPS) is 24.0. The van der Waals surface area contributed by atoms with Crippen LogP contribution in [0, 0.1) is 5.92 Å². The monoisotopic (exact) mass is 266 g/mol. The van der Waals surface area contributed by atoms with Crippen LogP contribution < -0.4 is 5.32 Å². The van der Waals surface area contributed by atoms with Crippen LogP contribution >= 0.6 is 0 Å². The van der Waals surface area contributed by atoms with E-state index in [0.717, 1.165) is 25.2 Å². The summed E-state index contributed by atoms with van der Waals surface area (Å²) >= 11 is 0. The Bertz CT molecular complexity index is 377. The summed E-state index contributed by atoms with van der Waals surface area (Å²) in [7, 11) is 1.80. The van der Waals surface area contributed by atoms with Gasteiger partial charge >= 0.3 is 0 Å². The van der Waals surface area contributed by atoms with Crippen LogP contribution in [0.25, 0.3) is 0 Å². The maximum absolute atomic E-state index is 5.47. The highest BCUT2D eigenvalue weighted by molar-refractivity contribution is 4.94. The topological polar surface area (TPSA) is 52.0 Å². The summed E-state index contributed by atoms with van der Waals surface area (Å²) in [6.07, 6.45) is 7.08. The van der Waals surface area contributed by atoms with E-state index in [1.807, 2.05) is 4.68 Å². The number of aromatic nitrogens is 3. The van der Waals surface area contributed by atoms with Gasteiger partial charge in [-0.1, -0.05) is 19.1 Å². The van der Waals surface area contributed by atoms with E-state index >= 15 is 0 Å². The van der Waals surface area contributed by atoms with Crippen molar-refractivity contribution < 1.29 is 4.74 Å². The Kier molecular flexibility index (Phi) is 5.34. The summed E-state index contributed by atoms with van der Waals surface area (Å²) in [6, 6.07) is 0.449. The van der Waals surface area contributed by atoms with Crippen molar-refractivity contribution in [3.05, 3.63) is 11.9 Å². The van der Waals surface area contributed by atoms with Crippen molar-refractivity contribution in [3.8, 4) is 0 Å². The molecule has 0 bridgehead atoms. The van der Waals surface area contributed by atoms with Gasteiger partial charge in [0.25, 0.3) is 0 Å². The van der Waals surface area contributed by atoms with Gasteiger partial charge in [-0.3, -0.25) is 0 Å². The molecule has 1 fully saturated rings. The fourth-order valence-electron chi connectivity index (χ4n) is 2.64. The molecule has 5 nitrogen and oxygen atoms in total. The van der Waals surface area contributed by atoms with Crippen LogP contribution in [-0.4, -0.2) is 34.8 Å². The molecule has 2 rings (SSSR count). The van der Waals surface area contributed by atoms with E-state index in [-0.39, 0.29) is 0 Å². The number of nitrogens with zero attached hydrogens (tertiary/aromatic N) is 3. The van der Waals surface area contributed by atoms with Crippen LogP contribution in [0.4, 0.5) is 0 Å². The van der Waals surface area contributed by atoms with Gasteiger partial charge in [0.05, 0.1) is 24.0 Å². The smallest absolute Gasteiger partial charge is 0.0964 e. The molecule has 0 aliphatic heterocycles. The minimum absolute atomic E-state index is 0.380. The SMILES string of the molecule is COC1CCCC(n2cc(CNCC(C)C)nn2)C1. The molecule has 2 atom stereocenters. The Hall–Kier alpha value is -0.940. The summed E-state index contributed by atoms with van der Waals surface area (Å²) in [6.45, 7) is 6.23. The lowest BCUT2D eigenvalue weighted by molar-refractivity contribution is 0.0504. The van der Waals surface area contributed by atoms with Gasteiger partial charge in [0.2, 0.25) is 0 Å². The van der Waals surface area contributed by atoms with Crippen molar-refractivity contribution in [2.45, 2.75) is 58.2 Å². The van der Waals surface area contributed by atoms with Gasteiger partial charge < -0.3 is 10.1 Å². The summed E-state index contributed by atoms with van der Waals surface area (Å²) in [5, 5.41) is 11.9. The zero-order valence-electron chi connectivity index (χ0n) is 12.3. The maximum Gasteiger partial charge on any atom is 0.0964 e. The standard InChI is InChI=1S/C14H26N4O/c1-11(2)8-15-9-12-10-18(17-16-12)13-5-4-6-14(7-13)19-3/h10-11,13-15H,4-9H2,1-3H3. The molecule has 1 aliphatic carbocycles. The molecule has 108 valence electrons. The molecule has 5 heteroatoms. The molecule has 1 heterocycles. The van der Waals surface area contributed by atoms with Crippen molar-refractivity contribution in [2.24, 2.45) is 5.92 Å². The fraction of sp³-hybridized carbons (Fsp3) is 0.857. The van der Waals surface area contributed by atoms with E-state index in [4.69, 9.17) is 4.74 Å². The van der Waals surface area contributed by atoms with Crippen molar-refractivity contribution in [1.29, 1.82) is 0 Å². The number of hydrogen-bond acceptors (Lipinski definition) is 4. The minimum Gasteiger partial charge on any atom is -0.381 e. The molecule has 0 saturated heterocycles. The fourth-order valence-corrected chi connectivity index (χ4v) is 2.64. The predicted molar refractivity (Wildman–Crippen MR) is 74.9 cm³/mol. The van der Waals surface area contributed by atoms with Gasteiger partial charge in [-0.2, -0.15) is 0 Å². The van der Waals surface area contributed by atoms with Crippen LogP contribution in [0.3, 0.4) is 0 Å². The van der Waals surface area contributed by atoms with Crippen LogP contribution in [0.5, 0.6) is 0 Å². The third-order valence-electron chi connectivity index (χ3n) is 3.72. The van der Waals surface area contributed by atoms with Crippen molar-refractivity contribution >= 4 is 0 Å².